The van der Waals surface area contributed by atoms with Crippen LogP contribution in [-0.2, 0) is 4.57 Å². The van der Waals surface area contributed by atoms with E-state index in [0.717, 1.165) is 0 Å². The Morgan fingerprint density at radius 1 is 1.31 bits per heavy atom. The second-order valence-corrected chi connectivity index (χ2v) is 7.17. The van der Waals surface area contributed by atoms with E-state index in [-0.39, 0.29) is 16.3 Å². The molecule has 13 heavy (non-hydrogen) atoms. The number of anilines is 1. The van der Waals surface area contributed by atoms with Gasteiger partial charge in [-0.1, -0.05) is 11.6 Å². The predicted molar refractivity (Wildman–Crippen MR) is 55.0 cm³/mol. The van der Waals surface area contributed by atoms with Crippen LogP contribution in [0.25, 0.3) is 0 Å². The highest BCUT2D eigenvalue weighted by atomic mass is 35.9. The molecule has 0 atom stereocenters. The molecule has 1 heterocycles. The summed E-state index contributed by atoms with van der Waals surface area (Å²) in [4.78, 5) is 7.21. The third-order valence-corrected chi connectivity index (χ3v) is 2.27. The van der Waals surface area contributed by atoms with Crippen LogP contribution < -0.4 is 5.09 Å². The number of halogens is 4. The summed E-state index contributed by atoms with van der Waals surface area (Å²) in [6, 6.07) is 1.30. The summed E-state index contributed by atoms with van der Waals surface area (Å²) >= 11 is 21.5. The van der Waals surface area contributed by atoms with E-state index in [1.54, 1.807) is 0 Å². The molecule has 1 rings (SSSR count). The van der Waals surface area contributed by atoms with Crippen molar-refractivity contribution in [1.29, 1.82) is 0 Å². The Labute approximate surface area is 93.6 Å². The minimum Gasteiger partial charge on any atom is -0.297 e. The van der Waals surface area contributed by atoms with Gasteiger partial charge in [0.05, 0.1) is 0 Å². The molecule has 0 unspecified atom stereocenters. The molecule has 0 aliphatic rings. The van der Waals surface area contributed by atoms with Gasteiger partial charge in [0, 0.05) is 6.07 Å². The molecule has 0 radical (unpaired) electrons. The molecule has 0 spiro atoms. The monoisotopic (exact) mass is 279 g/mol. The zero-order valence-electron chi connectivity index (χ0n) is 5.84. The summed E-state index contributed by atoms with van der Waals surface area (Å²) in [5.41, 5.74) is 0. The first kappa shape index (κ1) is 11.3. The lowest BCUT2D eigenvalue weighted by atomic mass is 10.6. The molecule has 1 N–H and O–H groups in total. The molecule has 9 heteroatoms. The van der Waals surface area contributed by atoms with Crippen molar-refractivity contribution in [2.24, 2.45) is 0 Å². The largest absolute Gasteiger partial charge is 0.344 e. The Hall–Kier alpha value is 0.270. The van der Waals surface area contributed by atoms with Crippen molar-refractivity contribution < 1.29 is 4.57 Å². The third kappa shape index (κ3) is 4.34. The highest BCUT2D eigenvalue weighted by Crippen LogP contribution is 2.55. The van der Waals surface area contributed by atoms with Crippen LogP contribution >= 0.6 is 51.7 Å². The second-order valence-electron chi connectivity index (χ2n) is 1.92. The molecule has 0 saturated carbocycles. The number of nitrogens with zero attached hydrogens (tertiary/aromatic N) is 2. The average molecular weight is 281 g/mol. The van der Waals surface area contributed by atoms with Gasteiger partial charge in [0.25, 0.3) is 0 Å². The Morgan fingerprint density at radius 3 is 2.38 bits per heavy atom. The van der Waals surface area contributed by atoms with Crippen molar-refractivity contribution in [3.63, 3.8) is 0 Å². The summed E-state index contributed by atoms with van der Waals surface area (Å²) in [6.45, 7) is 0. The van der Waals surface area contributed by atoms with Gasteiger partial charge >= 0.3 is 6.00 Å². The Morgan fingerprint density at radius 2 is 1.92 bits per heavy atom. The molecule has 0 saturated heterocycles. The highest BCUT2D eigenvalue weighted by molar-refractivity contribution is 8.09. The maximum absolute atomic E-state index is 10.9. The first-order valence-corrected chi connectivity index (χ1v) is 7.12. The van der Waals surface area contributed by atoms with E-state index in [1.165, 1.54) is 6.07 Å². The lowest BCUT2D eigenvalue weighted by Gasteiger charge is -2.05. The Kier molecular flexibility index (Phi) is 3.66. The van der Waals surface area contributed by atoms with Crippen molar-refractivity contribution in [3.05, 3.63) is 16.5 Å². The van der Waals surface area contributed by atoms with Crippen molar-refractivity contribution >= 4 is 57.5 Å². The van der Waals surface area contributed by atoms with Gasteiger partial charge < -0.3 is 0 Å². The van der Waals surface area contributed by atoms with Crippen LogP contribution in [0.4, 0.5) is 5.82 Å². The molecule has 4 nitrogen and oxygen atoms in total. The second kappa shape index (κ2) is 4.20. The lowest BCUT2D eigenvalue weighted by Crippen LogP contribution is -1.93. The van der Waals surface area contributed by atoms with E-state index < -0.39 is 6.00 Å². The van der Waals surface area contributed by atoms with Gasteiger partial charge in [-0.15, -0.1) is 0 Å². The quantitative estimate of drug-likeness (QED) is 0.509. The van der Waals surface area contributed by atoms with E-state index in [2.05, 4.69) is 15.1 Å². The molecule has 0 bridgehead atoms. The van der Waals surface area contributed by atoms with Gasteiger partial charge in [-0.2, -0.15) is 0 Å². The van der Waals surface area contributed by atoms with Gasteiger partial charge in [0.2, 0.25) is 5.28 Å². The molecule has 0 amide bonds. The van der Waals surface area contributed by atoms with E-state index in [1.807, 2.05) is 0 Å². The number of hydrogen-bond donors (Lipinski definition) is 1. The standard InChI is InChI=1S/C4H2Cl4N3OP/c5-2-1-3(10-4(6)9-2)11-13(7,8)12/h1H,(H,9,10,11,12). The zero-order chi connectivity index (χ0) is 10.1. The summed E-state index contributed by atoms with van der Waals surface area (Å²) in [5, 5.41) is 2.24. The summed E-state index contributed by atoms with van der Waals surface area (Å²) in [5.74, 6) is -3.33. The molecule has 0 fully saturated rings. The van der Waals surface area contributed by atoms with Crippen LogP contribution in [0.15, 0.2) is 6.07 Å². The van der Waals surface area contributed by atoms with Gasteiger partial charge in [-0.25, -0.2) is 9.97 Å². The van der Waals surface area contributed by atoms with E-state index in [0.29, 0.717) is 0 Å². The van der Waals surface area contributed by atoms with Gasteiger partial charge in [0.15, 0.2) is 0 Å². The average Bonchev–Trinajstić information content (AvgIpc) is 1.78. The van der Waals surface area contributed by atoms with E-state index >= 15 is 0 Å². The smallest absolute Gasteiger partial charge is 0.297 e. The molecule has 1 aromatic rings. The Balaban J connectivity index is 2.96. The number of hydrogen-bond acceptors (Lipinski definition) is 3. The Bertz CT molecular complexity index is 346. The molecule has 1 aromatic heterocycles. The number of aromatic nitrogens is 2. The van der Waals surface area contributed by atoms with E-state index in [9.17, 15) is 4.57 Å². The zero-order valence-corrected chi connectivity index (χ0v) is 9.76. The van der Waals surface area contributed by atoms with Crippen LogP contribution in [0.1, 0.15) is 0 Å². The molecule has 0 aliphatic heterocycles. The normalized spacial score (nSPS) is 11.4. The molecule has 0 aromatic carbocycles. The lowest BCUT2D eigenvalue weighted by molar-refractivity contribution is 0.595. The molecule has 72 valence electrons. The van der Waals surface area contributed by atoms with Crippen molar-refractivity contribution in [1.82, 2.24) is 9.97 Å². The van der Waals surface area contributed by atoms with E-state index in [4.69, 9.17) is 45.7 Å². The van der Waals surface area contributed by atoms with Gasteiger partial charge in [-0.05, 0) is 34.1 Å². The number of nitrogens with one attached hydrogen (secondary N) is 1. The highest BCUT2D eigenvalue weighted by Gasteiger charge is 2.14. The summed E-state index contributed by atoms with van der Waals surface area (Å²) in [7, 11) is 0. The maximum atomic E-state index is 10.9. The first-order chi connectivity index (χ1) is 5.87. The minimum absolute atomic E-state index is 0.0863. The van der Waals surface area contributed by atoms with Crippen LogP contribution in [0.2, 0.25) is 10.4 Å². The molecular weight excluding hydrogens is 279 g/mol. The minimum atomic E-state index is -3.44. The van der Waals surface area contributed by atoms with Crippen molar-refractivity contribution in [2.75, 3.05) is 5.09 Å². The fourth-order valence-corrected chi connectivity index (χ4v) is 1.89. The molecule has 0 aliphatic carbocycles. The fraction of sp³-hybridized carbons (Fsp3) is 0. The van der Waals surface area contributed by atoms with Gasteiger partial charge in [-0.3, -0.25) is 9.65 Å². The first-order valence-electron chi connectivity index (χ1n) is 2.84. The van der Waals surface area contributed by atoms with Crippen LogP contribution in [0.5, 0.6) is 0 Å². The van der Waals surface area contributed by atoms with Crippen LogP contribution in [-0.4, -0.2) is 9.97 Å². The third-order valence-electron chi connectivity index (χ3n) is 0.912. The molecular formula is C4H2Cl4N3OP. The van der Waals surface area contributed by atoms with Crippen LogP contribution in [0.3, 0.4) is 0 Å². The van der Waals surface area contributed by atoms with Crippen molar-refractivity contribution in [3.8, 4) is 0 Å². The van der Waals surface area contributed by atoms with Crippen molar-refractivity contribution in [2.45, 2.75) is 0 Å². The topological polar surface area (TPSA) is 54.9 Å². The predicted octanol–water partition coefficient (Wildman–Crippen LogP) is 3.78. The van der Waals surface area contributed by atoms with Crippen LogP contribution in [0, 0.1) is 0 Å². The maximum Gasteiger partial charge on any atom is 0.344 e. The summed E-state index contributed by atoms with van der Waals surface area (Å²) in [6.07, 6.45) is 0. The number of rotatable bonds is 2. The van der Waals surface area contributed by atoms with Gasteiger partial charge in [0.1, 0.15) is 11.0 Å². The fourth-order valence-electron chi connectivity index (χ4n) is 0.581. The SMILES string of the molecule is O=P(Cl)(Cl)Nc1cc(Cl)nc(Cl)n1. The summed E-state index contributed by atoms with van der Waals surface area (Å²) < 4.78 is 10.9.